The van der Waals surface area contributed by atoms with E-state index in [0.29, 0.717) is 10.0 Å². The molecular weight excluding hydrogens is 337 g/mol. The molecule has 1 heterocycles. The number of benzene rings is 1. The van der Waals surface area contributed by atoms with E-state index in [0.717, 1.165) is 28.9 Å². The second kappa shape index (κ2) is 6.06. The standard InChI is InChI=1S/C12H12BrCl2N3/c1-2-16-7-8-5-6-18(17-8)10-4-3-9(13)11(14)12(10)15/h3-6,16H,2,7H2,1H3. The number of nitrogens with one attached hydrogen (secondary N) is 1. The lowest BCUT2D eigenvalue weighted by Crippen LogP contribution is -2.12. The number of nitrogens with zero attached hydrogens (tertiary/aromatic N) is 2. The topological polar surface area (TPSA) is 29.9 Å². The summed E-state index contributed by atoms with van der Waals surface area (Å²) >= 11 is 15.6. The Balaban J connectivity index is 2.31. The molecular formula is C12H12BrCl2N3. The van der Waals surface area contributed by atoms with Gasteiger partial charge in [0.15, 0.2) is 0 Å². The largest absolute Gasteiger partial charge is 0.311 e. The summed E-state index contributed by atoms with van der Waals surface area (Å²) in [6.07, 6.45) is 1.87. The summed E-state index contributed by atoms with van der Waals surface area (Å²) in [6, 6.07) is 5.69. The molecule has 0 aliphatic rings. The van der Waals surface area contributed by atoms with Crippen LogP contribution in [0.15, 0.2) is 28.9 Å². The van der Waals surface area contributed by atoms with Crippen LogP contribution in [0.3, 0.4) is 0 Å². The van der Waals surface area contributed by atoms with Crippen LogP contribution < -0.4 is 5.32 Å². The maximum absolute atomic E-state index is 6.21. The summed E-state index contributed by atoms with van der Waals surface area (Å²) in [5.41, 5.74) is 1.74. The first-order valence-electron chi connectivity index (χ1n) is 5.52. The molecule has 1 aromatic carbocycles. The normalized spacial score (nSPS) is 10.9. The molecule has 18 heavy (non-hydrogen) atoms. The van der Waals surface area contributed by atoms with Gasteiger partial charge >= 0.3 is 0 Å². The van der Waals surface area contributed by atoms with E-state index in [9.17, 15) is 0 Å². The summed E-state index contributed by atoms with van der Waals surface area (Å²) in [4.78, 5) is 0. The van der Waals surface area contributed by atoms with Crippen LogP contribution in [-0.4, -0.2) is 16.3 Å². The van der Waals surface area contributed by atoms with E-state index in [2.05, 4.69) is 33.3 Å². The van der Waals surface area contributed by atoms with Gasteiger partial charge in [0.05, 0.1) is 21.4 Å². The molecule has 0 aliphatic heterocycles. The molecule has 0 unspecified atom stereocenters. The quantitative estimate of drug-likeness (QED) is 0.844. The van der Waals surface area contributed by atoms with Gasteiger partial charge in [0.2, 0.25) is 0 Å². The fourth-order valence-electron chi connectivity index (χ4n) is 1.54. The summed E-state index contributed by atoms with van der Waals surface area (Å²) < 4.78 is 2.51. The third-order valence-corrected chi connectivity index (χ3v) is 4.22. The zero-order chi connectivity index (χ0) is 13.1. The smallest absolute Gasteiger partial charge is 0.0860 e. The average Bonchev–Trinajstić information content (AvgIpc) is 2.82. The van der Waals surface area contributed by atoms with Crippen LogP contribution in [0.5, 0.6) is 0 Å². The predicted molar refractivity (Wildman–Crippen MR) is 78.7 cm³/mol. The molecule has 0 fully saturated rings. The van der Waals surface area contributed by atoms with Gasteiger partial charge < -0.3 is 5.32 Å². The molecule has 0 radical (unpaired) electrons. The van der Waals surface area contributed by atoms with E-state index in [-0.39, 0.29) is 0 Å². The Kier molecular flexibility index (Phi) is 4.67. The third kappa shape index (κ3) is 2.88. The van der Waals surface area contributed by atoms with Crippen molar-refractivity contribution < 1.29 is 0 Å². The van der Waals surface area contributed by atoms with Gasteiger partial charge in [0.25, 0.3) is 0 Å². The molecule has 0 bridgehead atoms. The van der Waals surface area contributed by atoms with Crippen LogP contribution in [0, 0.1) is 0 Å². The Morgan fingerprint density at radius 1 is 1.28 bits per heavy atom. The zero-order valence-electron chi connectivity index (χ0n) is 9.75. The van der Waals surface area contributed by atoms with Crippen molar-refractivity contribution in [1.82, 2.24) is 15.1 Å². The van der Waals surface area contributed by atoms with Crippen molar-refractivity contribution in [2.75, 3.05) is 6.54 Å². The Morgan fingerprint density at radius 2 is 2.06 bits per heavy atom. The van der Waals surface area contributed by atoms with Gasteiger partial charge in [0.1, 0.15) is 0 Å². The second-order valence-electron chi connectivity index (χ2n) is 3.73. The minimum absolute atomic E-state index is 0.490. The summed E-state index contributed by atoms with van der Waals surface area (Å²) in [5, 5.41) is 8.66. The molecule has 0 amide bonds. The predicted octanol–water partition coefficient (Wildman–Crippen LogP) is 4.05. The van der Waals surface area contributed by atoms with E-state index in [1.54, 1.807) is 4.68 Å². The van der Waals surface area contributed by atoms with Crippen molar-refractivity contribution in [3.63, 3.8) is 0 Å². The van der Waals surface area contributed by atoms with E-state index < -0.39 is 0 Å². The number of rotatable bonds is 4. The molecule has 1 aromatic heterocycles. The Bertz CT molecular complexity index is 554. The van der Waals surface area contributed by atoms with E-state index >= 15 is 0 Å². The van der Waals surface area contributed by atoms with Crippen molar-refractivity contribution >= 4 is 39.1 Å². The van der Waals surface area contributed by atoms with E-state index in [4.69, 9.17) is 23.2 Å². The minimum Gasteiger partial charge on any atom is -0.311 e. The minimum atomic E-state index is 0.490. The van der Waals surface area contributed by atoms with Crippen LogP contribution in [0.2, 0.25) is 10.0 Å². The molecule has 96 valence electrons. The molecule has 0 aliphatic carbocycles. The van der Waals surface area contributed by atoms with Gasteiger partial charge in [-0.05, 0) is 40.7 Å². The van der Waals surface area contributed by atoms with Gasteiger partial charge in [-0.1, -0.05) is 30.1 Å². The monoisotopic (exact) mass is 347 g/mol. The summed E-state index contributed by atoms with van der Waals surface area (Å²) in [5.74, 6) is 0. The number of halogens is 3. The van der Waals surface area contributed by atoms with E-state index in [1.165, 1.54) is 0 Å². The van der Waals surface area contributed by atoms with Crippen molar-refractivity contribution in [3.05, 3.63) is 44.6 Å². The van der Waals surface area contributed by atoms with Crippen molar-refractivity contribution in [2.45, 2.75) is 13.5 Å². The van der Waals surface area contributed by atoms with Crippen LogP contribution in [-0.2, 0) is 6.54 Å². The van der Waals surface area contributed by atoms with E-state index in [1.807, 2.05) is 24.4 Å². The maximum Gasteiger partial charge on any atom is 0.0860 e. The number of hydrogen-bond donors (Lipinski definition) is 1. The average molecular weight is 349 g/mol. The Labute approximate surface area is 124 Å². The van der Waals surface area contributed by atoms with Gasteiger partial charge in [-0.25, -0.2) is 4.68 Å². The Hall–Kier alpha value is -0.550. The molecule has 0 spiro atoms. The SMILES string of the molecule is CCNCc1ccn(-c2ccc(Br)c(Cl)c2Cl)n1. The highest BCUT2D eigenvalue weighted by molar-refractivity contribution is 9.10. The van der Waals surface area contributed by atoms with Gasteiger partial charge in [-0.15, -0.1) is 0 Å². The van der Waals surface area contributed by atoms with Crippen LogP contribution in [0.25, 0.3) is 5.69 Å². The molecule has 3 nitrogen and oxygen atoms in total. The van der Waals surface area contributed by atoms with Crippen LogP contribution in [0.1, 0.15) is 12.6 Å². The molecule has 1 N–H and O–H groups in total. The van der Waals surface area contributed by atoms with Crippen LogP contribution >= 0.6 is 39.1 Å². The van der Waals surface area contributed by atoms with Crippen LogP contribution in [0.4, 0.5) is 0 Å². The Morgan fingerprint density at radius 3 is 2.78 bits per heavy atom. The zero-order valence-corrected chi connectivity index (χ0v) is 12.8. The first-order chi connectivity index (χ1) is 8.63. The highest BCUT2D eigenvalue weighted by Gasteiger charge is 2.11. The maximum atomic E-state index is 6.21. The highest BCUT2D eigenvalue weighted by atomic mass is 79.9. The first-order valence-corrected chi connectivity index (χ1v) is 7.07. The number of hydrogen-bond acceptors (Lipinski definition) is 2. The van der Waals surface area contributed by atoms with Gasteiger partial charge in [0, 0.05) is 17.2 Å². The molecule has 6 heteroatoms. The van der Waals surface area contributed by atoms with Crippen molar-refractivity contribution in [1.29, 1.82) is 0 Å². The van der Waals surface area contributed by atoms with Gasteiger partial charge in [-0.3, -0.25) is 0 Å². The second-order valence-corrected chi connectivity index (χ2v) is 5.34. The lowest BCUT2D eigenvalue weighted by atomic mass is 10.3. The first kappa shape index (κ1) is 13.9. The fraction of sp³-hybridized carbons (Fsp3) is 0.250. The highest BCUT2D eigenvalue weighted by Crippen LogP contribution is 2.34. The third-order valence-electron chi connectivity index (χ3n) is 2.46. The lowest BCUT2D eigenvalue weighted by Gasteiger charge is -2.07. The molecule has 0 saturated heterocycles. The lowest BCUT2D eigenvalue weighted by molar-refractivity contribution is 0.696. The van der Waals surface area contributed by atoms with Gasteiger partial charge in [-0.2, -0.15) is 5.10 Å². The molecule has 0 saturated carbocycles. The van der Waals surface area contributed by atoms with Crippen molar-refractivity contribution in [2.24, 2.45) is 0 Å². The molecule has 2 aromatic rings. The molecule has 0 atom stereocenters. The number of aromatic nitrogens is 2. The summed E-state index contributed by atoms with van der Waals surface area (Å²) in [6.45, 7) is 3.71. The fourth-order valence-corrected chi connectivity index (χ4v) is 2.39. The van der Waals surface area contributed by atoms with Crippen molar-refractivity contribution in [3.8, 4) is 5.69 Å². The molecule has 2 rings (SSSR count). The summed E-state index contributed by atoms with van der Waals surface area (Å²) in [7, 11) is 0.